The van der Waals surface area contributed by atoms with Crippen LogP contribution in [0.1, 0.15) is 82.0 Å². The van der Waals surface area contributed by atoms with Crippen LogP contribution in [0, 0.1) is 34.5 Å². The van der Waals surface area contributed by atoms with E-state index in [-0.39, 0.29) is 17.5 Å². The molecule has 0 radical (unpaired) electrons. The summed E-state index contributed by atoms with van der Waals surface area (Å²) in [5, 5.41) is 0. The van der Waals surface area contributed by atoms with Gasteiger partial charge in [-0.3, -0.25) is 4.79 Å². The van der Waals surface area contributed by atoms with Crippen molar-refractivity contribution in [2.24, 2.45) is 34.5 Å². The minimum atomic E-state index is -0.175. The fourth-order valence-electron chi connectivity index (χ4n) is 7.89. The number of esters is 1. The van der Waals surface area contributed by atoms with Gasteiger partial charge in [0.25, 0.3) is 0 Å². The van der Waals surface area contributed by atoms with Crippen molar-refractivity contribution in [3.63, 3.8) is 0 Å². The van der Waals surface area contributed by atoms with E-state index in [1.165, 1.54) is 19.3 Å². The molecule has 4 aliphatic carbocycles. The van der Waals surface area contributed by atoms with Gasteiger partial charge in [0.2, 0.25) is 0 Å². The Bertz CT molecular complexity index is 801. The van der Waals surface area contributed by atoms with Crippen LogP contribution in [0.4, 0.5) is 0 Å². The number of hydrogen-bond acceptors (Lipinski definition) is 3. The van der Waals surface area contributed by atoms with Gasteiger partial charge in [0.05, 0.1) is 5.56 Å². The highest BCUT2D eigenvalue weighted by molar-refractivity contribution is 5.89. The maximum absolute atomic E-state index is 12.6. The lowest BCUT2D eigenvalue weighted by molar-refractivity contribution is -0.142. The van der Waals surface area contributed by atoms with Crippen LogP contribution in [0.25, 0.3) is 0 Å². The Labute approximate surface area is 174 Å². The molecule has 4 saturated carbocycles. The van der Waals surface area contributed by atoms with Crippen LogP contribution in [0.3, 0.4) is 0 Å². The summed E-state index contributed by atoms with van der Waals surface area (Å²) in [7, 11) is 0. The van der Waals surface area contributed by atoms with Gasteiger partial charge in [0.1, 0.15) is 11.9 Å². The Hall–Kier alpha value is -1.64. The van der Waals surface area contributed by atoms with E-state index in [0.29, 0.717) is 28.6 Å². The van der Waals surface area contributed by atoms with Gasteiger partial charge in [0, 0.05) is 11.8 Å². The number of Topliss-reactive ketones (excluding diaryl/α,β-unsaturated/α-hetero) is 1. The van der Waals surface area contributed by atoms with Crippen LogP contribution >= 0.6 is 0 Å². The lowest BCUT2D eigenvalue weighted by Crippen LogP contribution is -2.54. The first-order valence-electron chi connectivity index (χ1n) is 11.7. The Balaban J connectivity index is 1.29. The standard InChI is InChI=1S/C26H34O3/c1-25-14-12-19(29-24(28)17-6-4-3-5-7-17)16-18(25)8-9-20-21-10-11-23(27)26(21,2)15-13-22(20)25/h3-7,18-22H,8-16H2,1-2H3/t18?,19?,20-,21-,22+,25-,26-/m0/s1. The van der Waals surface area contributed by atoms with Gasteiger partial charge in [-0.15, -0.1) is 0 Å². The molecule has 0 N–H and O–H groups in total. The van der Waals surface area contributed by atoms with Gasteiger partial charge in [-0.25, -0.2) is 4.79 Å². The van der Waals surface area contributed by atoms with Crippen LogP contribution in [0.15, 0.2) is 30.3 Å². The molecule has 5 rings (SSSR count). The first kappa shape index (κ1) is 19.3. The zero-order chi connectivity index (χ0) is 20.2. The van der Waals surface area contributed by atoms with Crippen molar-refractivity contribution >= 4 is 11.8 Å². The highest BCUT2D eigenvalue weighted by atomic mass is 16.5. The molecule has 4 fully saturated rings. The van der Waals surface area contributed by atoms with Crippen LogP contribution in [0.2, 0.25) is 0 Å². The highest BCUT2D eigenvalue weighted by Crippen LogP contribution is 2.65. The van der Waals surface area contributed by atoms with Gasteiger partial charge in [0.15, 0.2) is 0 Å². The molecule has 0 heterocycles. The van der Waals surface area contributed by atoms with E-state index < -0.39 is 0 Å². The maximum Gasteiger partial charge on any atom is 0.338 e. The lowest BCUT2D eigenvalue weighted by Gasteiger charge is -2.60. The molecule has 156 valence electrons. The molecule has 0 amide bonds. The third-order valence-electron chi connectivity index (χ3n) is 9.61. The third kappa shape index (κ3) is 2.99. The van der Waals surface area contributed by atoms with Crippen molar-refractivity contribution in [1.82, 2.24) is 0 Å². The highest BCUT2D eigenvalue weighted by Gasteiger charge is 2.60. The normalized spacial score (nSPS) is 43.8. The van der Waals surface area contributed by atoms with E-state index >= 15 is 0 Å². The zero-order valence-corrected chi connectivity index (χ0v) is 17.9. The molecule has 0 spiro atoms. The summed E-state index contributed by atoms with van der Waals surface area (Å²) >= 11 is 0. The molecule has 7 atom stereocenters. The minimum Gasteiger partial charge on any atom is -0.459 e. The van der Waals surface area contributed by atoms with Gasteiger partial charge < -0.3 is 4.74 Å². The number of carbonyl (C=O) groups is 2. The van der Waals surface area contributed by atoms with Crippen molar-refractivity contribution in [2.45, 2.75) is 77.7 Å². The molecule has 0 bridgehead atoms. The van der Waals surface area contributed by atoms with E-state index in [9.17, 15) is 9.59 Å². The molecule has 0 aliphatic heterocycles. The third-order valence-corrected chi connectivity index (χ3v) is 9.61. The Morgan fingerprint density at radius 1 is 0.966 bits per heavy atom. The number of ketones is 1. The van der Waals surface area contributed by atoms with Gasteiger partial charge in [-0.1, -0.05) is 32.0 Å². The molecule has 29 heavy (non-hydrogen) atoms. The Morgan fingerprint density at radius 3 is 2.55 bits per heavy atom. The molecule has 1 aromatic rings. The molecular formula is C26H34O3. The number of hydrogen-bond donors (Lipinski definition) is 0. The van der Waals surface area contributed by atoms with Crippen molar-refractivity contribution < 1.29 is 14.3 Å². The van der Waals surface area contributed by atoms with E-state index in [4.69, 9.17) is 4.74 Å². The molecule has 1 aromatic carbocycles. The molecule has 0 aromatic heterocycles. The number of rotatable bonds is 2. The predicted octanol–water partition coefficient (Wildman–Crippen LogP) is 5.82. The molecule has 3 nitrogen and oxygen atoms in total. The molecule has 4 aliphatic rings. The first-order valence-corrected chi connectivity index (χ1v) is 11.7. The molecule has 0 saturated heterocycles. The van der Waals surface area contributed by atoms with Crippen molar-refractivity contribution in [1.29, 1.82) is 0 Å². The first-order chi connectivity index (χ1) is 13.9. The summed E-state index contributed by atoms with van der Waals surface area (Å²) in [5.41, 5.74) is 0.972. The van der Waals surface area contributed by atoms with Crippen LogP contribution in [-0.4, -0.2) is 17.9 Å². The number of fused-ring (bicyclic) bond motifs is 5. The minimum absolute atomic E-state index is 0.0349. The van der Waals surface area contributed by atoms with E-state index in [1.807, 2.05) is 30.3 Å². The second-order valence-electron chi connectivity index (χ2n) is 10.7. The maximum atomic E-state index is 12.6. The number of carbonyl (C=O) groups excluding carboxylic acids is 2. The molecule has 2 unspecified atom stereocenters. The fourth-order valence-corrected chi connectivity index (χ4v) is 7.89. The van der Waals surface area contributed by atoms with E-state index in [1.54, 1.807) is 0 Å². The SMILES string of the molecule is C[C@]12CCC(OC(=O)c3ccccc3)CC1CC[C@@H]1[C@H]2CC[C@]2(C)C(=O)CC[C@@H]12. The van der Waals surface area contributed by atoms with E-state index in [0.717, 1.165) is 50.4 Å². The summed E-state index contributed by atoms with van der Waals surface area (Å²) in [4.78, 5) is 25.1. The second-order valence-corrected chi connectivity index (χ2v) is 10.7. The molecule has 3 heteroatoms. The Morgan fingerprint density at radius 2 is 1.76 bits per heavy atom. The van der Waals surface area contributed by atoms with Crippen LogP contribution in [0.5, 0.6) is 0 Å². The molecular weight excluding hydrogens is 360 g/mol. The number of ether oxygens (including phenoxy) is 1. The number of benzene rings is 1. The summed E-state index contributed by atoms with van der Waals surface area (Å²) < 4.78 is 5.92. The van der Waals surface area contributed by atoms with Crippen molar-refractivity contribution in [2.75, 3.05) is 0 Å². The van der Waals surface area contributed by atoms with Crippen LogP contribution in [-0.2, 0) is 9.53 Å². The van der Waals surface area contributed by atoms with Crippen LogP contribution < -0.4 is 0 Å². The van der Waals surface area contributed by atoms with Gasteiger partial charge in [-0.05, 0) is 92.6 Å². The zero-order valence-electron chi connectivity index (χ0n) is 17.9. The average molecular weight is 395 g/mol. The smallest absolute Gasteiger partial charge is 0.338 e. The Kier molecular flexibility index (Phi) is 4.64. The summed E-state index contributed by atoms with van der Waals surface area (Å²) in [6.07, 6.45) is 9.93. The fraction of sp³-hybridized carbons (Fsp3) is 0.692. The summed E-state index contributed by atoms with van der Waals surface area (Å²) in [6.45, 7) is 4.78. The topological polar surface area (TPSA) is 43.4 Å². The van der Waals surface area contributed by atoms with Crippen molar-refractivity contribution in [3.8, 4) is 0 Å². The largest absolute Gasteiger partial charge is 0.459 e. The average Bonchev–Trinajstić information content (AvgIpc) is 3.03. The second kappa shape index (κ2) is 6.96. The van der Waals surface area contributed by atoms with Crippen molar-refractivity contribution in [3.05, 3.63) is 35.9 Å². The summed E-state index contributed by atoms with van der Waals surface area (Å²) in [6, 6.07) is 9.37. The van der Waals surface area contributed by atoms with E-state index in [2.05, 4.69) is 13.8 Å². The lowest BCUT2D eigenvalue weighted by atomic mass is 9.45. The predicted molar refractivity (Wildman–Crippen MR) is 112 cm³/mol. The van der Waals surface area contributed by atoms with Gasteiger partial charge in [-0.2, -0.15) is 0 Å². The van der Waals surface area contributed by atoms with Gasteiger partial charge >= 0.3 is 5.97 Å². The monoisotopic (exact) mass is 394 g/mol. The summed E-state index contributed by atoms with van der Waals surface area (Å²) in [5.74, 6) is 3.09. The quantitative estimate of drug-likeness (QED) is 0.593.